The van der Waals surface area contributed by atoms with Gasteiger partial charge in [0.2, 0.25) is 0 Å². The van der Waals surface area contributed by atoms with Gasteiger partial charge in [0.1, 0.15) is 0 Å². The van der Waals surface area contributed by atoms with E-state index in [-0.39, 0.29) is 5.78 Å². The van der Waals surface area contributed by atoms with Crippen LogP contribution in [0.3, 0.4) is 0 Å². The molecule has 1 nitrogen and oxygen atoms in total. The number of rotatable bonds is 5. The average Bonchev–Trinajstić information content (AvgIpc) is 2.28. The fourth-order valence-electron chi connectivity index (χ4n) is 1.27. The molecule has 0 unspecified atom stereocenters. The van der Waals surface area contributed by atoms with E-state index in [0.717, 1.165) is 22.9 Å². The molecular weight excluding hydrogens is 287 g/mol. The van der Waals surface area contributed by atoms with E-state index in [9.17, 15) is 4.79 Å². The van der Waals surface area contributed by atoms with E-state index in [4.69, 9.17) is 11.6 Å². The molecule has 0 amide bonds. The number of Topliss-reactive ketones (excluding diaryl/α,β-unsaturated/α-hetero) is 1. The number of halogens is 2. The zero-order valence-electron chi connectivity index (χ0n) is 9.17. The first-order valence-corrected chi connectivity index (χ1v) is 6.47. The molecule has 0 saturated heterocycles. The van der Waals surface area contributed by atoms with Gasteiger partial charge < -0.3 is 0 Å². The molecular formula is C13H14BrClO. The molecule has 1 aromatic rings. The lowest BCUT2D eigenvalue weighted by Crippen LogP contribution is -1.97. The minimum atomic E-state index is 0.0132. The van der Waals surface area contributed by atoms with Crippen molar-refractivity contribution in [1.29, 1.82) is 0 Å². The summed E-state index contributed by atoms with van der Waals surface area (Å²) < 4.78 is 0.941. The molecule has 0 aromatic heterocycles. The van der Waals surface area contributed by atoms with Gasteiger partial charge in [-0.25, -0.2) is 0 Å². The van der Waals surface area contributed by atoms with Crippen LogP contribution in [0, 0.1) is 0 Å². The summed E-state index contributed by atoms with van der Waals surface area (Å²) in [5.41, 5.74) is 0.928. The van der Waals surface area contributed by atoms with Crippen LogP contribution in [-0.2, 0) is 4.79 Å². The highest BCUT2D eigenvalue weighted by Crippen LogP contribution is 2.21. The fourth-order valence-corrected chi connectivity index (χ4v) is 1.88. The summed E-state index contributed by atoms with van der Waals surface area (Å²) in [7, 11) is 0. The van der Waals surface area contributed by atoms with Crippen molar-refractivity contribution < 1.29 is 4.79 Å². The van der Waals surface area contributed by atoms with E-state index in [0.29, 0.717) is 11.5 Å². The Kier molecular flexibility index (Phi) is 5.78. The van der Waals surface area contributed by atoms with E-state index in [2.05, 4.69) is 22.9 Å². The maximum Gasteiger partial charge on any atom is 0.174 e. The third-order valence-corrected chi connectivity index (χ3v) is 3.25. The van der Waals surface area contributed by atoms with Gasteiger partial charge >= 0.3 is 0 Å². The number of ketones is 1. The molecule has 0 aliphatic heterocycles. The van der Waals surface area contributed by atoms with Crippen LogP contribution in [0.4, 0.5) is 0 Å². The predicted molar refractivity (Wildman–Crippen MR) is 72.5 cm³/mol. The zero-order valence-corrected chi connectivity index (χ0v) is 11.5. The highest BCUT2D eigenvalue weighted by Gasteiger charge is 2.06. The van der Waals surface area contributed by atoms with Crippen LogP contribution >= 0.6 is 27.5 Å². The fraction of sp³-hybridized carbons (Fsp3) is 0.308. The van der Waals surface area contributed by atoms with Crippen molar-refractivity contribution in [2.24, 2.45) is 0 Å². The molecule has 0 aliphatic rings. The summed E-state index contributed by atoms with van der Waals surface area (Å²) in [6.45, 7) is 2.05. The maximum atomic E-state index is 11.6. The Bertz CT molecular complexity index is 399. The SMILES string of the molecule is CCCCC(=O)/C(Cl)=C/c1ccccc1Br. The topological polar surface area (TPSA) is 17.1 Å². The van der Waals surface area contributed by atoms with Crippen LogP contribution in [0.2, 0.25) is 0 Å². The first-order valence-electron chi connectivity index (χ1n) is 5.30. The molecule has 1 rings (SSSR count). The van der Waals surface area contributed by atoms with Crippen LogP contribution < -0.4 is 0 Å². The Labute approximate surface area is 110 Å². The first kappa shape index (κ1) is 13.5. The van der Waals surface area contributed by atoms with Gasteiger partial charge in [-0.2, -0.15) is 0 Å². The van der Waals surface area contributed by atoms with Crippen molar-refractivity contribution in [3.8, 4) is 0 Å². The predicted octanol–water partition coefficient (Wildman–Crippen LogP) is 4.79. The Morgan fingerprint density at radius 2 is 2.12 bits per heavy atom. The average molecular weight is 302 g/mol. The maximum absolute atomic E-state index is 11.6. The monoisotopic (exact) mass is 300 g/mol. The van der Waals surface area contributed by atoms with Crippen molar-refractivity contribution in [2.45, 2.75) is 26.2 Å². The van der Waals surface area contributed by atoms with Crippen molar-refractivity contribution in [3.05, 3.63) is 39.3 Å². The molecule has 0 heterocycles. The van der Waals surface area contributed by atoms with Gasteiger partial charge in [-0.15, -0.1) is 0 Å². The van der Waals surface area contributed by atoms with Gasteiger partial charge in [0.25, 0.3) is 0 Å². The third-order valence-electron chi connectivity index (χ3n) is 2.21. The van der Waals surface area contributed by atoms with Gasteiger partial charge in [-0.05, 0) is 24.1 Å². The third kappa shape index (κ3) is 4.11. The lowest BCUT2D eigenvalue weighted by molar-refractivity contribution is -0.115. The summed E-state index contributed by atoms with van der Waals surface area (Å²) in [6.07, 6.45) is 4.13. The van der Waals surface area contributed by atoms with Crippen LogP contribution in [0.25, 0.3) is 6.08 Å². The van der Waals surface area contributed by atoms with Crippen LogP contribution in [0.1, 0.15) is 31.7 Å². The summed E-state index contributed by atoms with van der Waals surface area (Å²) >= 11 is 9.38. The first-order chi connectivity index (χ1) is 7.65. The molecule has 0 atom stereocenters. The zero-order chi connectivity index (χ0) is 12.0. The summed E-state index contributed by atoms with van der Waals surface area (Å²) in [5, 5.41) is 0.306. The number of carbonyl (C=O) groups excluding carboxylic acids is 1. The molecule has 0 fully saturated rings. The van der Waals surface area contributed by atoms with Crippen molar-refractivity contribution in [3.63, 3.8) is 0 Å². The van der Waals surface area contributed by atoms with E-state index in [1.54, 1.807) is 6.08 Å². The summed E-state index contributed by atoms with van der Waals surface area (Å²) in [6, 6.07) is 7.68. The second-order valence-corrected chi connectivity index (χ2v) is 4.80. The van der Waals surface area contributed by atoms with Crippen molar-refractivity contribution >= 4 is 39.4 Å². The van der Waals surface area contributed by atoms with Gasteiger partial charge in [0.15, 0.2) is 5.78 Å². The Hall–Kier alpha value is -0.600. The minimum absolute atomic E-state index is 0.0132. The smallest absolute Gasteiger partial charge is 0.174 e. The Balaban J connectivity index is 2.77. The molecule has 0 spiro atoms. The molecule has 0 bridgehead atoms. The van der Waals surface area contributed by atoms with Crippen molar-refractivity contribution in [1.82, 2.24) is 0 Å². The molecule has 0 N–H and O–H groups in total. The highest BCUT2D eigenvalue weighted by molar-refractivity contribution is 9.10. The van der Waals surface area contributed by atoms with Crippen LogP contribution in [0.5, 0.6) is 0 Å². The normalized spacial score (nSPS) is 11.6. The van der Waals surface area contributed by atoms with E-state index < -0.39 is 0 Å². The lowest BCUT2D eigenvalue weighted by Gasteiger charge is -2.00. The van der Waals surface area contributed by atoms with Gasteiger partial charge in [-0.3, -0.25) is 4.79 Å². The summed E-state index contributed by atoms with van der Waals surface area (Å²) in [4.78, 5) is 11.6. The lowest BCUT2D eigenvalue weighted by atomic mass is 10.1. The Morgan fingerprint density at radius 1 is 1.44 bits per heavy atom. The molecule has 1 aromatic carbocycles. The number of allylic oxidation sites excluding steroid dienone is 1. The number of benzene rings is 1. The van der Waals surface area contributed by atoms with Crippen molar-refractivity contribution in [2.75, 3.05) is 0 Å². The Morgan fingerprint density at radius 3 is 2.75 bits per heavy atom. The van der Waals surface area contributed by atoms with Gasteiger partial charge in [-0.1, -0.05) is 59.1 Å². The van der Waals surface area contributed by atoms with Crippen LogP contribution in [0.15, 0.2) is 33.8 Å². The summed E-state index contributed by atoms with van der Waals surface area (Å²) in [5.74, 6) is 0.0132. The quantitative estimate of drug-likeness (QED) is 0.715. The van der Waals surface area contributed by atoms with E-state index in [1.165, 1.54) is 0 Å². The number of carbonyl (C=O) groups is 1. The molecule has 3 heteroatoms. The molecule has 86 valence electrons. The number of hydrogen-bond donors (Lipinski definition) is 0. The highest BCUT2D eigenvalue weighted by atomic mass is 79.9. The molecule has 0 aliphatic carbocycles. The van der Waals surface area contributed by atoms with Gasteiger partial charge in [0, 0.05) is 10.9 Å². The van der Waals surface area contributed by atoms with Gasteiger partial charge in [0.05, 0.1) is 5.03 Å². The van der Waals surface area contributed by atoms with Crippen LogP contribution in [-0.4, -0.2) is 5.78 Å². The van der Waals surface area contributed by atoms with E-state index >= 15 is 0 Å². The molecule has 0 saturated carbocycles. The second kappa shape index (κ2) is 6.87. The van der Waals surface area contributed by atoms with E-state index in [1.807, 2.05) is 24.3 Å². The minimum Gasteiger partial charge on any atom is -0.293 e. The number of hydrogen-bond acceptors (Lipinski definition) is 1. The molecule has 0 radical (unpaired) electrons. The standard InChI is InChI=1S/C13H14BrClO/c1-2-3-8-13(16)12(15)9-10-6-4-5-7-11(10)14/h4-7,9H,2-3,8H2,1H3/b12-9-. The second-order valence-electron chi connectivity index (χ2n) is 3.54. The molecule has 16 heavy (non-hydrogen) atoms. The largest absolute Gasteiger partial charge is 0.293 e. The number of unbranched alkanes of at least 4 members (excludes halogenated alkanes) is 1.